The van der Waals surface area contributed by atoms with Gasteiger partial charge in [0.25, 0.3) is 0 Å². The predicted octanol–water partition coefficient (Wildman–Crippen LogP) is 3.94. The number of para-hydroxylation sites is 1. The number of hydrogen-bond donors (Lipinski definition) is 1. The lowest BCUT2D eigenvalue weighted by Gasteiger charge is -2.17. The summed E-state index contributed by atoms with van der Waals surface area (Å²) < 4.78 is 0. The van der Waals surface area contributed by atoms with Crippen molar-refractivity contribution >= 4 is 11.6 Å². The van der Waals surface area contributed by atoms with Crippen LogP contribution in [0.4, 0.5) is 5.69 Å². The standard InChI is InChI=1S/C15H21NO/c1-3-4-5-8-11(2)14-12-9-6-7-10-13(12)16-15(14)17/h6-7,9-11,14H,3-5,8H2,1-2H3,(H,16,17). The molecule has 17 heavy (non-hydrogen) atoms. The SMILES string of the molecule is CCCCCC(C)C1C(=O)Nc2ccccc21. The highest BCUT2D eigenvalue weighted by atomic mass is 16.2. The largest absolute Gasteiger partial charge is 0.325 e. The van der Waals surface area contributed by atoms with Gasteiger partial charge in [-0.05, 0) is 24.0 Å². The van der Waals surface area contributed by atoms with Crippen molar-refractivity contribution in [2.24, 2.45) is 5.92 Å². The molecule has 1 amide bonds. The van der Waals surface area contributed by atoms with Crippen LogP contribution in [-0.4, -0.2) is 5.91 Å². The number of anilines is 1. The fraction of sp³-hybridized carbons (Fsp3) is 0.533. The summed E-state index contributed by atoms with van der Waals surface area (Å²) >= 11 is 0. The van der Waals surface area contributed by atoms with Crippen LogP contribution >= 0.6 is 0 Å². The molecule has 0 fully saturated rings. The van der Waals surface area contributed by atoms with Gasteiger partial charge in [0.15, 0.2) is 0 Å². The minimum absolute atomic E-state index is 0.0584. The number of fused-ring (bicyclic) bond motifs is 1. The Bertz CT molecular complexity index is 400. The molecule has 0 bridgehead atoms. The Morgan fingerprint density at radius 1 is 1.29 bits per heavy atom. The van der Waals surface area contributed by atoms with Gasteiger partial charge in [-0.15, -0.1) is 0 Å². The smallest absolute Gasteiger partial charge is 0.232 e. The maximum absolute atomic E-state index is 12.0. The third-order valence-electron chi connectivity index (χ3n) is 3.67. The normalized spacial score (nSPS) is 19.9. The van der Waals surface area contributed by atoms with E-state index >= 15 is 0 Å². The van der Waals surface area contributed by atoms with Gasteiger partial charge < -0.3 is 5.32 Å². The van der Waals surface area contributed by atoms with E-state index in [4.69, 9.17) is 0 Å². The summed E-state index contributed by atoms with van der Waals surface area (Å²) in [5.74, 6) is 0.670. The first-order valence-electron chi connectivity index (χ1n) is 6.63. The van der Waals surface area contributed by atoms with Crippen LogP contribution in [0.25, 0.3) is 0 Å². The van der Waals surface area contributed by atoms with Crippen LogP contribution in [0.2, 0.25) is 0 Å². The van der Waals surface area contributed by atoms with Crippen molar-refractivity contribution in [1.29, 1.82) is 0 Å². The number of carbonyl (C=O) groups is 1. The number of hydrogen-bond acceptors (Lipinski definition) is 1. The van der Waals surface area contributed by atoms with Gasteiger partial charge in [-0.25, -0.2) is 0 Å². The highest BCUT2D eigenvalue weighted by Crippen LogP contribution is 2.38. The van der Waals surface area contributed by atoms with E-state index in [1.807, 2.05) is 18.2 Å². The average Bonchev–Trinajstić information content (AvgIpc) is 2.65. The lowest BCUT2D eigenvalue weighted by atomic mass is 9.85. The van der Waals surface area contributed by atoms with E-state index in [-0.39, 0.29) is 11.8 Å². The highest BCUT2D eigenvalue weighted by molar-refractivity contribution is 6.03. The lowest BCUT2D eigenvalue weighted by Crippen LogP contribution is -2.18. The molecule has 1 N–H and O–H groups in total. The van der Waals surface area contributed by atoms with Gasteiger partial charge in [0.1, 0.15) is 0 Å². The topological polar surface area (TPSA) is 29.1 Å². The number of amides is 1. The van der Waals surface area contributed by atoms with Crippen LogP contribution in [0.3, 0.4) is 0 Å². The molecule has 0 aliphatic carbocycles. The first-order chi connectivity index (χ1) is 8.24. The molecule has 2 atom stereocenters. The van der Waals surface area contributed by atoms with Crippen molar-refractivity contribution in [2.45, 2.75) is 45.4 Å². The first kappa shape index (κ1) is 12.2. The van der Waals surface area contributed by atoms with E-state index in [0.29, 0.717) is 5.92 Å². The van der Waals surface area contributed by atoms with Crippen LogP contribution in [0, 0.1) is 5.92 Å². The highest BCUT2D eigenvalue weighted by Gasteiger charge is 2.33. The van der Waals surface area contributed by atoms with E-state index in [1.165, 1.54) is 24.8 Å². The Morgan fingerprint density at radius 2 is 2.06 bits per heavy atom. The molecule has 2 unspecified atom stereocenters. The van der Waals surface area contributed by atoms with Crippen molar-refractivity contribution in [3.8, 4) is 0 Å². The van der Waals surface area contributed by atoms with Gasteiger partial charge in [-0.3, -0.25) is 4.79 Å². The molecule has 0 saturated carbocycles. The lowest BCUT2D eigenvalue weighted by molar-refractivity contribution is -0.118. The molecular formula is C15H21NO. The molecule has 0 radical (unpaired) electrons. The molecule has 2 rings (SSSR count). The number of nitrogens with one attached hydrogen (secondary N) is 1. The van der Waals surface area contributed by atoms with E-state index in [2.05, 4.69) is 25.2 Å². The number of carbonyl (C=O) groups excluding carboxylic acids is 1. The Balaban J connectivity index is 2.07. The van der Waals surface area contributed by atoms with Crippen LogP contribution in [0.1, 0.15) is 51.0 Å². The predicted molar refractivity (Wildman–Crippen MR) is 71.1 cm³/mol. The number of rotatable bonds is 5. The van der Waals surface area contributed by atoms with Gasteiger partial charge in [-0.1, -0.05) is 51.3 Å². The number of unbranched alkanes of at least 4 members (excludes halogenated alkanes) is 2. The van der Waals surface area contributed by atoms with Crippen molar-refractivity contribution < 1.29 is 4.79 Å². The summed E-state index contributed by atoms with van der Waals surface area (Å²) in [6, 6.07) is 8.06. The van der Waals surface area contributed by atoms with Crippen LogP contribution in [-0.2, 0) is 4.79 Å². The summed E-state index contributed by atoms with van der Waals surface area (Å²) in [6.45, 7) is 4.41. The Labute approximate surface area is 103 Å². The minimum Gasteiger partial charge on any atom is -0.325 e. The molecule has 0 spiro atoms. The minimum atomic E-state index is 0.0584. The van der Waals surface area contributed by atoms with Crippen LogP contribution < -0.4 is 5.32 Å². The summed E-state index contributed by atoms with van der Waals surface area (Å²) in [6.07, 6.45) is 4.87. The summed E-state index contributed by atoms with van der Waals surface area (Å²) in [4.78, 5) is 12.0. The second kappa shape index (κ2) is 5.35. The zero-order chi connectivity index (χ0) is 12.3. The second-order valence-corrected chi connectivity index (χ2v) is 5.03. The molecule has 2 nitrogen and oxygen atoms in total. The molecule has 1 aliphatic heterocycles. The Morgan fingerprint density at radius 3 is 2.82 bits per heavy atom. The third-order valence-corrected chi connectivity index (χ3v) is 3.67. The fourth-order valence-corrected chi connectivity index (χ4v) is 2.68. The van der Waals surface area contributed by atoms with Crippen molar-refractivity contribution in [3.63, 3.8) is 0 Å². The van der Waals surface area contributed by atoms with Gasteiger partial charge in [-0.2, -0.15) is 0 Å². The Hall–Kier alpha value is -1.31. The average molecular weight is 231 g/mol. The van der Waals surface area contributed by atoms with Crippen LogP contribution in [0.15, 0.2) is 24.3 Å². The number of benzene rings is 1. The van der Waals surface area contributed by atoms with E-state index in [0.717, 1.165) is 12.1 Å². The third kappa shape index (κ3) is 2.51. The van der Waals surface area contributed by atoms with Crippen molar-refractivity contribution in [1.82, 2.24) is 0 Å². The Kier molecular flexibility index (Phi) is 3.82. The summed E-state index contributed by atoms with van der Waals surface area (Å²) in [5, 5.41) is 2.98. The molecular weight excluding hydrogens is 210 g/mol. The zero-order valence-corrected chi connectivity index (χ0v) is 10.7. The molecule has 1 aromatic rings. The van der Waals surface area contributed by atoms with E-state index in [9.17, 15) is 4.79 Å². The summed E-state index contributed by atoms with van der Waals surface area (Å²) in [7, 11) is 0. The molecule has 0 aromatic heterocycles. The van der Waals surface area contributed by atoms with Crippen molar-refractivity contribution in [3.05, 3.63) is 29.8 Å². The quantitative estimate of drug-likeness (QED) is 0.764. The van der Waals surface area contributed by atoms with Crippen molar-refractivity contribution in [2.75, 3.05) is 5.32 Å². The van der Waals surface area contributed by atoms with Crippen LogP contribution in [0.5, 0.6) is 0 Å². The van der Waals surface area contributed by atoms with Gasteiger partial charge >= 0.3 is 0 Å². The molecule has 0 saturated heterocycles. The van der Waals surface area contributed by atoms with Gasteiger partial charge in [0, 0.05) is 5.69 Å². The molecule has 92 valence electrons. The molecule has 1 aromatic carbocycles. The molecule has 2 heteroatoms. The van der Waals surface area contributed by atoms with E-state index < -0.39 is 0 Å². The van der Waals surface area contributed by atoms with E-state index in [1.54, 1.807) is 0 Å². The van der Waals surface area contributed by atoms with Gasteiger partial charge in [0.05, 0.1) is 5.92 Å². The monoisotopic (exact) mass is 231 g/mol. The zero-order valence-electron chi connectivity index (χ0n) is 10.7. The summed E-state index contributed by atoms with van der Waals surface area (Å²) in [5.41, 5.74) is 2.19. The van der Waals surface area contributed by atoms with Gasteiger partial charge in [0.2, 0.25) is 5.91 Å². The molecule has 1 aliphatic rings. The maximum atomic E-state index is 12.0. The maximum Gasteiger partial charge on any atom is 0.232 e. The first-order valence-corrected chi connectivity index (χ1v) is 6.63. The second-order valence-electron chi connectivity index (χ2n) is 5.03. The fourth-order valence-electron chi connectivity index (χ4n) is 2.68. The molecule has 1 heterocycles.